The van der Waals surface area contributed by atoms with Crippen LogP contribution in [0.5, 0.6) is 0 Å². The third-order valence-electron chi connectivity index (χ3n) is 4.50. The number of benzene rings is 2. The standard InChI is InChI=1S/C21H19ClN4OS/c1-14-24-18-8-4-5-9-19(18)26(14)11-10-23-20(27)12-15-13-28-21(25-15)16-6-2-3-7-17(16)22/h2-9,13H,10-12H2,1H3,(H,23,27). The minimum Gasteiger partial charge on any atom is -0.354 e. The lowest BCUT2D eigenvalue weighted by molar-refractivity contribution is -0.120. The second kappa shape index (κ2) is 8.12. The number of aryl methyl sites for hydroxylation is 1. The number of carbonyl (C=O) groups excluding carboxylic acids is 1. The van der Waals surface area contributed by atoms with Crippen LogP contribution in [0.4, 0.5) is 0 Å². The van der Waals surface area contributed by atoms with Gasteiger partial charge in [0.15, 0.2) is 0 Å². The van der Waals surface area contributed by atoms with Gasteiger partial charge in [0.1, 0.15) is 10.8 Å². The lowest BCUT2D eigenvalue weighted by Crippen LogP contribution is -2.28. The molecule has 0 spiro atoms. The lowest BCUT2D eigenvalue weighted by Gasteiger charge is -2.08. The molecule has 2 aromatic heterocycles. The number of halogens is 1. The quantitative estimate of drug-likeness (QED) is 0.509. The van der Waals surface area contributed by atoms with Crippen molar-refractivity contribution in [2.75, 3.05) is 6.54 Å². The van der Waals surface area contributed by atoms with E-state index < -0.39 is 0 Å². The van der Waals surface area contributed by atoms with Crippen molar-refractivity contribution >= 4 is 39.9 Å². The van der Waals surface area contributed by atoms with Crippen molar-refractivity contribution < 1.29 is 4.79 Å². The number of nitrogens with one attached hydrogen (secondary N) is 1. The van der Waals surface area contributed by atoms with Gasteiger partial charge in [-0.2, -0.15) is 0 Å². The maximum absolute atomic E-state index is 12.3. The molecule has 0 unspecified atom stereocenters. The summed E-state index contributed by atoms with van der Waals surface area (Å²) < 4.78 is 2.12. The molecule has 5 nitrogen and oxygen atoms in total. The molecule has 0 aliphatic rings. The van der Waals surface area contributed by atoms with Gasteiger partial charge in [-0.05, 0) is 25.1 Å². The molecular weight excluding hydrogens is 392 g/mol. The Hall–Kier alpha value is -2.70. The van der Waals surface area contributed by atoms with Crippen LogP contribution in [0.1, 0.15) is 11.5 Å². The topological polar surface area (TPSA) is 59.8 Å². The molecule has 0 saturated heterocycles. The van der Waals surface area contributed by atoms with Crippen LogP contribution in [0.15, 0.2) is 53.9 Å². The average Bonchev–Trinajstić information content (AvgIpc) is 3.26. The van der Waals surface area contributed by atoms with Crippen molar-refractivity contribution in [3.63, 3.8) is 0 Å². The zero-order valence-electron chi connectivity index (χ0n) is 15.4. The maximum atomic E-state index is 12.3. The third-order valence-corrected chi connectivity index (χ3v) is 5.75. The van der Waals surface area contributed by atoms with E-state index in [-0.39, 0.29) is 12.3 Å². The number of rotatable bonds is 6. The number of nitrogens with zero attached hydrogens (tertiary/aromatic N) is 3. The van der Waals surface area contributed by atoms with Crippen molar-refractivity contribution in [2.45, 2.75) is 19.9 Å². The van der Waals surface area contributed by atoms with Gasteiger partial charge in [0.2, 0.25) is 5.91 Å². The Labute approximate surface area is 172 Å². The van der Waals surface area contributed by atoms with E-state index in [4.69, 9.17) is 11.6 Å². The molecule has 1 N–H and O–H groups in total. The summed E-state index contributed by atoms with van der Waals surface area (Å²) in [6.45, 7) is 3.20. The van der Waals surface area contributed by atoms with Crippen molar-refractivity contribution in [3.05, 3.63) is 70.5 Å². The Morgan fingerprint density at radius 2 is 1.93 bits per heavy atom. The summed E-state index contributed by atoms with van der Waals surface area (Å²) >= 11 is 7.72. The number of carbonyl (C=O) groups is 1. The number of amides is 1. The number of fused-ring (bicyclic) bond motifs is 1. The number of hydrogen-bond donors (Lipinski definition) is 1. The summed E-state index contributed by atoms with van der Waals surface area (Å²) in [6.07, 6.45) is 0.255. The molecule has 0 bridgehead atoms. The largest absolute Gasteiger partial charge is 0.354 e. The molecule has 1 amide bonds. The summed E-state index contributed by atoms with van der Waals surface area (Å²) in [4.78, 5) is 21.4. The van der Waals surface area contributed by atoms with Crippen LogP contribution >= 0.6 is 22.9 Å². The summed E-state index contributed by atoms with van der Waals surface area (Å²) in [5, 5.41) is 6.37. The Kier molecular flexibility index (Phi) is 5.41. The minimum atomic E-state index is -0.0434. The van der Waals surface area contributed by atoms with Crippen LogP contribution in [-0.2, 0) is 17.8 Å². The van der Waals surface area contributed by atoms with E-state index in [1.807, 2.05) is 60.8 Å². The fourth-order valence-corrected chi connectivity index (χ4v) is 4.30. The van der Waals surface area contributed by atoms with E-state index >= 15 is 0 Å². The fourth-order valence-electron chi connectivity index (χ4n) is 3.16. The zero-order chi connectivity index (χ0) is 19.5. The molecule has 7 heteroatoms. The highest BCUT2D eigenvalue weighted by atomic mass is 35.5. The second-order valence-electron chi connectivity index (χ2n) is 6.45. The Morgan fingerprint density at radius 3 is 2.79 bits per heavy atom. The van der Waals surface area contributed by atoms with E-state index in [9.17, 15) is 4.79 Å². The van der Waals surface area contributed by atoms with Crippen LogP contribution < -0.4 is 5.32 Å². The van der Waals surface area contributed by atoms with E-state index in [1.54, 1.807) is 0 Å². The molecular formula is C21H19ClN4OS. The van der Waals surface area contributed by atoms with Gasteiger partial charge in [0.25, 0.3) is 0 Å². The van der Waals surface area contributed by atoms with Crippen molar-refractivity contribution in [2.24, 2.45) is 0 Å². The van der Waals surface area contributed by atoms with Crippen molar-refractivity contribution in [1.29, 1.82) is 0 Å². The third kappa shape index (κ3) is 3.93. The van der Waals surface area contributed by atoms with E-state index in [0.29, 0.717) is 18.1 Å². The highest BCUT2D eigenvalue weighted by molar-refractivity contribution is 7.13. The molecule has 2 heterocycles. The molecule has 0 aliphatic heterocycles. The molecule has 2 aromatic carbocycles. The van der Waals surface area contributed by atoms with Crippen molar-refractivity contribution in [3.8, 4) is 10.6 Å². The zero-order valence-corrected chi connectivity index (χ0v) is 16.9. The first kappa shape index (κ1) is 18.7. The number of hydrogen-bond acceptors (Lipinski definition) is 4. The fraction of sp³-hybridized carbons (Fsp3) is 0.190. The molecule has 4 rings (SSSR count). The monoisotopic (exact) mass is 410 g/mol. The van der Waals surface area contributed by atoms with Gasteiger partial charge in [-0.15, -0.1) is 11.3 Å². The predicted octanol–water partition coefficient (Wildman–Crippen LogP) is 4.48. The lowest BCUT2D eigenvalue weighted by atomic mass is 10.2. The number of imidazole rings is 1. The SMILES string of the molecule is Cc1nc2ccccc2n1CCNC(=O)Cc1csc(-c2ccccc2Cl)n1. The Morgan fingerprint density at radius 1 is 1.14 bits per heavy atom. The van der Waals surface area contributed by atoms with E-state index in [2.05, 4.69) is 19.9 Å². The summed E-state index contributed by atoms with van der Waals surface area (Å²) in [5.74, 6) is 0.900. The van der Waals surface area contributed by atoms with Gasteiger partial charge in [0, 0.05) is 24.0 Å². The minimum absolute atomic E-state index is 0.0434. The van der Waals surface area contributed by atoms with Crippen LogP contribution in [0.2, 0.25) is 5.02 Å². The summed E-state index contributed by atoms with van der Waals surface area (Å²) in [6, 6.07) is 15.6. The van der Waals surface area contributed by atoms with Gasteiger partial charge >= 0.3 is 0 Å². The van der Waals surface area contributed by atoms with Crippen LogP contribution in [-0.4, -0.2) is 27.0 Å². The Balaban J connectivity index is 1.35. The average molecular weight is 411 g/mol. The summed E-state index contributed by atoms with van der Waals surface area (Å²) in [7, 11) is 0. The first-order valence-electron chi connectivity index (χ1n) is 8.99. The Bertz CT molecular complexity index is 1130. The summed E-state index contributed by atoms with van der Waals surface area (Å²) in [5.41, 5.74) is 3.70. The molecule has 142 valence electrons. The van der Waals surface area contributed by atoms with Crippen LogP contribution in [0.3, 0.4) is 0 Å². The predicted molar refractivity (Wildman–Crippen MR) is 114 cm³/mol. The number of aromatic nitrogens is 3. The highest BCUT2D eigenvalue weighted by Crippen LogP contribution is 2.30. The van der Waals surface area contributed by atoms with Gasteiger partial charge < -0.3 is 9.88 Å². The number of para-hydroxylation sites is 2. The van der Waals surface area contributed by atoms with Crippen LogP contribution in [0, 0.1) is 6.92 Å². The number of thiazole rings is 1. The van der Waals surface area contributed by atoms with Gasteiger partial charge in [-0.1, -0.05) is 41.9 Å². The molecule has 0 fully saturated rings. The molecule has 28 heavy (non-hydrogen) atoms. The van der Waals surface area contributed by atoms with Gasteiger partial charge in [-0.3, -0.25) is 4.79 Å². The first-order valence-corrected chi connectivity index (χ1v) is 10.3. The molecule has 0 radical (unpaired) electrons. The molecule has 0 atom stereocenters. The van der Waals surface area contributed by atoms with Gasteiger partial charge in [-0.25, -0.2) is 9.97 Å². The highest BCUT2D eigenvalue weighted by Gasteiger charge is 2.11. The molecule has 0 aliphatic carbocycles. The maximum Gasteiger partial charge on any atom is 0.226 e. The second-order valence-corrected chi connectivity index (χ2v) is 7.72. The molecule has 4 aromatic rings. The first-order chi connectivity index (χ1) is 13.6. The van der Waals surface area contributed by atoms with E-state index in [1.165, 1.54) is 11.3 Å². The van der Waals surface area contributed by atoms with Gasteiger partial charge in [0.05, 0.1) is 28.2 Å². The normalized spacial score (nSPS) is 11.1. The smallest absolute Gasteiger partial charge is 0.226 e. The molecule has 0 saturated carbocycles. The van der Waals surface area contributed by atoms with Crippen molar-refractivity contribution in [1.82, 2.24) is 19.9 Å². The van der Waals surface area contributed by atoms with Crippen LogP contribution in [0.25, 0.3) is 21.6 Å². The van der Waals surface area contributed by atoms with E-state index in [0.717, 1.165) is 33.1 Å².